The number of aromatic nitrogens is 2. The van der Waals surface area contributed by atoms with Crippen LogP contribution in [0.2, 0.25) is 0 Å². The van der Waals surface area contributed by atoms with E-state index in [2.05, 4.69) is 20.9 Å². The summed E-state index contributed by atoms with van der Waals surface area (Å²) in [5, 5.41) is 0. The van der Waals surface area contributed by atoms with Gasteiger partial charge < -0.3 is 18.9 Å². The number of pyridine rings is 1. The van der Waals surface area contributed by atoms with Crippen molar-refractivity contribution in [2.24, 2.45) is 0 Å². The average molecular weight is 409 g/mol. The summed E-state index contributed by atoms with van der Waals surface area (Å²) in [5.41, 5.74) is 0.600. The van der Waals surface area contributed by atoms with Crippen LogP contribution < -0.4 is 0 Å². The highest BCUT2D eigenvalue weighted by molar-refractivity contribution is 9.10. The van der Waals surface area contributed by atoms with Crippen LogP contribution in [0.4, 0.5) is 4.79 Å². The Morgan fingerprint density at radius 1 is 1.16 bits per heavy atom. The maximum Gasteiger partial charge on any atom is 0.410 e. The molecular formula is C17H21BrN4O3. The molecule has 2 amide bonds. The van der Waals surface area contributed by atoms with E-state index in [1.54, 1.807) is 16.0 Å². The summed E-state index contributed by atoms with van der Waals surface area (Å²) in [6, 6.07) is 3.75. The number of carbonyl (C=O) groups is 2. The molecule has 3 rings (SSSR count). The van der Waals surface area contributed by atoms with Crippen molar-refractivity contribution in [1.82, 2.24) is 19.2 Å². The van der Waals surface area contributed by atoms with E-state index in [1.807, 2.05) is 43.5 Å². The fourth-order valence-corrected chi connectivity index (χ4v) is 2.96. The van der Waals surface area contributed by atoms with Gasteiger partial charge in [-0.15, -0.1) is 0 Å². The average Bonchev–Trinajstić information content (AvgIpc) is 2.95. The van der Waals surface area contributed by atoms with Gasteiger partial charge in [0.15, 0.2) is 0 Å². The van der Waals surface area contributed by atoms with Crippen molar-refractivity contribution in [1.29, 1.82) is 0 Å². The molecule has 2 aromatic rings. The van der Waals surface area contributed by atoms with Crippen LogP contribution in [-0.4, -0.2) is 63.0 Å². The van der Waals surface area contributed by atoms with Crippen LogP contribution >= 0.6 is 15.9 Å². The molecule has 0 spiro atoms. The van der Waals surface area contributed by atoms with Crippen LogP contribution in [0.1, 0.15) is 31.3 Å². The Morgan fingerprint density at radius 3 is 2.44 bits per heavy atom. The molecule has 0 saturated carbocycles. The first kappa shape index (κ1) is 17.7. The van der Waals surface area contributed by atoms with E-state index in [0.717, 1.165) is 4.47 Å². The van der Waals surface area contributed by atoms with Gasteiger partial charge >= 0.3 is 6.09 Å². The first-order chi connectivity index (χ1) is 11.7. The van der Waals surface area contributed by atoms with Gasteiger partial charge in [-0.2, -0.15) is 0 Å². The summed E-state index contributed by atoms with van der Waals surface area (Å²) in [6.07, 6.45) is 3.24. The highest BCUT2D eigenvalue weighted by Gasteiger charge is 2.28. The second kappa shape index (κ2) is 6.67. The molecular weight excluding hydrogens is 388 g/mol. The predicted molar refractivity (Wildman–Crippen MR) is 96.6 cm³/mol. The quantitative estimate of drug-likeness (QED) is 0.727. The second-order valence-electron chi connectivity index (χ2n) is 7.00. The molecule has 0 N–H and O–H groups in total. The van der Waals surface area contributed by atoms with Gasteiger partial charge in [0.2, 0.25) is 0 Å². The lowest BCUT2D eigenvalue weighted by molar-refractivity contribution is 0.0140. The topological polar surface area (TPSA) is 67.2 Å². The number of amides is 2. The lowest BCUT2D eigenvalue weighted by Gasteiger charge is -2.35. The molecule has 25 heavy (non-hydrogen) atoms. The summed E-state index contributed by atoms with van der Waals surface area (Å²) >= 11 is 3.40. The third kappa shape index (κ3) is 4.12. The van der Waals surface area contributed by atoms with E-state index in [4.69, 9.17) is 4.74 Å². The number of carbonyl (C=O) groups excluding carboxylic acids is 2. The van der Waals surface area contributed by atoms with Gasteiger partial charge in [-0.05, 0) is 32.9 Å². The molecule has 3 heterocycles. The second-order valence-corrected chi connectivity index (χ2v) is 7.91. The van der Waals surface area contributed by atoms with Gasteiger partial charge in [0.05, 0.1) is 0 Å². The third-order valence-electron chi connectivity index (χ3n) is 3.86. The number of ether oxygens (including phenoxy) is 1. The van der Waals surface area contributed by atoms with E-state index < -0.39 is 5.60 Å². The monoisotopic (exact) mass is 408 g/mol. The molecule has 8 heteroatoms. The van der Waals surface area contributed by atoms with E-state index >= 15 is 0 Å². The first-order valence-corrected chi connectivity index (χ1v) is 8.94. The number of nitrogens with zero attached hydrogens (tertiary/aromatic N) is 4. The summed E-state index contributed by atoms with van der Waals surface area (Å²) < 4.78 is 8.10. The van der Waals surface area contributed by atoms with Crippen molar-refractivity contribution in [2.45, 2.75) is 26.4 Å². The Hall–Kier alpha value is -2.09. The van der Waals surface area contributed by atoms with Crippen molar-refractivity contribution in [3.05, 3.63) is 34.7 Å². The van der Waals surface area contributed by atoms with E-state index in [9.17, 15) is 9.59 Å². The number of rotatable bonds is 1. The van der Waals surface area contributed by atoms with E-state index in [1.165, 1.54) is 0 Å². The van der Waals surface area contributed by atoms with Crippen molar-refractivity contribution >= 4 is 33.6 Å². The van der Waals surface area contributed by atoms with Gasteiger partial charge in [-0.1, -0.05) is 15.9 Å². The molecule has 1 saturated heterocycles. The van der Waals surface area contributed by atoms with Crippen molar-refractivity contribution in [3.8, 4) is 0 Å². The lowest BCUT2D eigenvalue weighted by atomic mass is 10.2. The molecule has 2 aromatic heterocycles. The van der Waals surface area contributed by atoms with Crippen LogP contribution in [0.3, 0.4) is 0 Å². The fraction of sp³-hybridized carbons (Fsp3) is 0.471. The SMILES string of the molecule is CC(C)(C)OC(=O)N1CCN(C(=O)c2cn3ccc(Br)cc3n2)CC1. The van der Waals surface area contributed by atoms with Crippen LogP contribution in [0.15, 0.2) is 29.0 Å². The lowest BCUT2D eigenvalue weighted by Crippen LogP contribution is -2.51. The van der Waals surface area contributed by atoms with E-state index in [0.29, 0.717) is 37.5 Å². The van der Waals surface area contributed by atoms with Gasteiger partial charge in [0.1, 0.15) is 16.9 Å². The number of imidazole rings is 1. The van der Waals surface area contributed by atoms with Crippen LogP contribution in [0.5, 0.6) is 0 Å². The molecule has 0 bridgehead atoms. The zero-order chi connectivity index (χ0) is 18.2. The number of hydrogen-bond acceptors (Lipinski definition) is 4. The molecule has 1 aliphatic rings. The highest BCUT2D eigenvalue weighted by Crippen LogP contribution is 2.16. The highest BCUT2D eigenvalue weighted by atomic mass is 79.9. The Bertz CT molecular complexity index is 804. The molecule has 0 radical (unpaired) electrons. The summed E-state index contributed by atoms with van der Waals surface area (Å²) in [4.78, 5) is 32.5. The van der Waals surface area contributed by atoms with Crippen molar-refractivity contribution < 1.29 is 14.3 Å². The zero-order valence-corrected chi connectivity index (χ0v) is 16.1. The normalized spacial score (nSPS) is 15.5. The van der Waals surface area contributed by atoms with Crippen LogP contribution in [0.25, 0.3) is 5.65 Å². The number of hydrogen-bond donors (Lipinski definition) is 0. The molecule has 0 aliphatic carbocycles. The Labute approximate surface area is 154 Å². The van der Waals surface area contributed by atoms with Gasteiger partial charge in [0, 0.05) is 43.0 Å². The predicted octanol–water partition coefficient (Wildman–Crippen LogP) is 2.79. The Morgan fingerprint density at radius 2 is 1.80 bits per heavy atom. The minimum Gasteiger partial charge on any atom is -0.444 e. The van der Waals surface area contributed by atoms with Gasteiger partial charge in [0.25, 0.3) is 5.91 Å². The van der Waals surface area contributed by atoms with Crippen LogP contribution in [0, 0.1) is 0 Å². The molecule has 1 aliphatic heterocycles. The van der Waals surface area contributed by atoms with Gasteiger partial charge in [-0.25, -0.2) is 9.78 Å². The molecule has 0 atom stereocenters. The fourth-order valence-electron chi connectivity index (χ4n) is 2.64. The van der Waals surface area contributed by atoms with E-state index in [-0.39, 0.29) is 12.0 Å². The first-order valence-electron chi connectivity index (χ1n) is 8.14. The number of halogens is 1. The Kier molecular flexibility index (Phi) is 4.73. The maximum atomic E-state index is 12.7. The van der Waals surface area contributed by atoms with Gasteiger partial charge in [-0.3, -0.25) is 4.79 Å². The molecule has 0 unspecified atom stereocenters. The standard InChI is InChI=1S/C17H21BrN4O3/c1-17(2,3)25-16(24)21-8-6-20(7-9-21)15(23)13-11-22-5-4-12(18)10-14(22)19-13/h4-5,10-11H,6-9H2,1-3H3. The molecule has 0 aromatic carbocycles. The summed E-state index contributed by atoms with van der Waals surface area (Å²) in [5.74, 6) is -0.122. The zero-order valence-electron chi connectivity index (χ0n) is 14.5. The number of piperazine rings is 1. The maximum absolute atomic E-state index is 12.7. The minimum absolute atomic E-state index is 0.122. The molecule has 7 nitrogen and oxygen atoms in total. The van der Waals surface area contributed by atoms with Crippen molar-refractivity contribution in [2.75, 3.05) is 26.2 Å². The van der Waals surface area contributed by atoms with Crippen LogP contribution in [-0.2, 0) is 4.74 Å². The Balaban J connectivity index is 1.63. The molecule has 1 fully saturated rings. The minimum atomic E-state index is -0.519. The molecule has 134 valence electrons. The largest absolute Gasteiger partial charge is 0.444 e. The van der Waals surface area contributed by atoms with Crippen molar-refractivity contribution in [3.63, 3.8) is 0 Å². The smallest absolute Gasteiger partial charge is 0.410 e. The summed E-state index contributed by atoms with van der Waals surface area (Å²) in [7, 11) is 0. The summed E-state index contributed by atoms with van der Waals surface area (Å²) in [6.45, 7) is 7.37. The number of fused-ring (bicyclic) bond motifs is 1. The third-order valence-corrected chi connectivity index (χ3v) is 4.35.